The van der Waals surface area contributed by atoms with E-state index in [1.165, 1.54) is 49.7 Å². The molecular weight excluding hydrogens is 534 g/mol. The zero-order chi connectivity index (χ0) is 29.4. The summed E-state index contributed by atoms with van der Waals surface area (Å²) in [6, 6.07) is 49.9. The predicted octanol–water partition coefficient (Wildman–Crippen LogP) is 10.4. The molecule has 2 heterocycles. The van der Waals surface area contributed by atoms with E-state index in [0.29, 0.717) is 5.95 Å². The number of aromatic nitrogens is 3. The Balaban J connectivity index is 1.25. The third-order valence-corrected chi connectivity index (χ3v) is 9.44. The molecule has 9 rings (SSSR count). The summed E-state index contributed by atoms with van der Waals surface area (Å²) < 4.78 is 2.23. The Hall–Kier alpha value is -5.54. The fourth-order valence-corrected chi connectivity index (χ4v) is 7.22. The first kappa shape index (κ1) is 25.0. The van der Waals surface area contributed by atoms with E-state index in [1.54, 1.807) is 0 Å². The number of nitrogens with zero attached hydrogens (tertiary/aromatic N) is 3. The largest absolute Gasteiger partial charge is 0.278 e. The van der Waals surface area contributed by atoms with Crippen molar-refractivity contribution in [3.05, 3.63) is 151 Å². The minimum atomic E-state index is -0.128. The first-order chi connectivity index (χ1) is 21.6. The summed E-state index contributed by atoms with van der Waals surface area (Å²) in [5, 5.41) is 3.54. The van der Waals surface area contributed by atoms with Crippen LogP contribution in [0.4, 0.5) is 0 Å². The van der Waals surface area contributed by atoms with Crippen LogP contribution in [0.25, 0.3) is 72.2 Å². The van der Waals surface area contributed by atoms with Crippen molar-refractivity contribution in [2.75, 3.05) is 0 Å². The topological polar surface area (TPSA) is 30.7 Å². The standard InChI is InChI=1S/C41H29N3/c1-41(2)33-15-8-6-14-31(33)39-38-34(41)16-10-17-35(38)42-40(43-39)44-36-18-9-7-13-30(36)32-25-29(23-24-37(32)44)28-21-19-27(20-22-28)26-11-4-3-5-12-26/h3-25H,1-2H3. The normalized spacial score (nSPS) is 13.4. The third kappa shape index (κ3) is 3.56. The molecule has 0 unspecified atom stereocenters. The predicted molar refractivity (Wildman–Crippen MR) is 182 cm³/mol. The lowest BCUT2D eigenvalue weighted by Crippen LogP contribution is -2.24. The molecule has 0 radical (unpaired) electrons. The minimum absolute atomic E-state index is 0.128. The minimum Gasteiger partial charge on any atom is -0.278 e. The van der Waals surface area contributed by atoms with Crippen LogP contribution in [0.1, 0.15) is 25.0 Å². The fourth-order valence-electron chi connectivity index (χ4n) is 7.22. The number of hydrogen-bond donors (Lipinski definition) is 0. The first-order valence-electron chi connectivity index (χ1n) is 15.2. The summed E-state index contributed by atoms with van der Waals surface area (Å²) in [5.74, 6) is 0.699. The van der Waals surface area contributed by atoms with Gasteiger partial charge in [-0.25, -0.2) is 9.97 Å². The Bertz CT molecular complexity index is 2400. The SMILES string of the molecule is CC1(C)c2ccccc2-c2nc(-n3c4ccccc4c4cc(-c5ccc(-c6ccccc6)cc5)ccc43)nc3cccc1c23. The fraction of sp³-hybridized carbons (Fsp3) is 0.0732. The van der Waals surface area contributed by atoms with Crippen LogP contribution in [0.2, 0.25) is 0 Å². The second kappa shape index (κ2) is 9.23. The van der Waals surface area contributed by atoms with Crippen LogP contribution in [-0.2, 0) is 5.41 Å². The molecule has 0 amide bonds. The zero-order valence-electron chi connectivity index (χ0n) is 24.6. The molecule has 0 atom stereocenters. The smallest absolute Gasteiger partial charge is 0.235 e. The van der Waals surface area contributed by atoms with Crippen molar-refractivity contribution in [3.63, 3.8) is 0 Å². The van der Waals surface area contributed by atoms with E-state index >= 15 is 0 Å². The lowest BCUT2D eigenvalue weighted by Gasteiger charge is -2.34. The molecule has 44 heavy (non-hydrogen) atoms. The van der Waals surface area contributed by atoms with Crippen LogP contribution in [0.5, 0.6) is 0 Å². The van der Waals surface area contributed by atoms with Crippen molar-refractivity contribution in [2.45, 2.75) is 19.3 Å². The van der Waals surface area contributed by atoms with Crippen LogP contribution < -0.4 is 0 Å². The molecule has 0 bridgehead atoms. The van der Waals surface area contributed by atoms with Crippen LogP contribution in [0, 0.1) is 0 Å². The van der Waals surface area contributed by atoms with Crippen molar-refractivity contribution < 1.29 is 0 Å². The monoisotopic (exact) mass is 563 g/mol. The Labute approximate surface area is 256 Å². The average molecular weight is 564 g/mol. The van der Waals surface area contributed by atoms with E-state index in [2.05, 4.69) is 158 Å². The van der Waals surface area contributed by atoms with Gasteiger partial charge in [0, 0.05) is 27.1 Å². The highest BCUT2D eigenvalue weighted by atomic mass is 15.2. The van der Waals surface area contributed by atoms with E-state index in [0.717, 1.165) is 27.6 Å². The second-order valence-corrected chi connectivity index (χ2v) is 12.3. The molecular formula is C41H29N3. The lowest BCUT2D eigenvalue weighted by atomic mass is 9.70. The molecule has 0 aliphatic heterocycles. The summed E-state index contributed by atoms with van der Waals surface area (Å²) in [4.78, 5) is 10.6. The van der Waals surface area contributed by atoms with Gasteiger partial charge in [0.25, 0.3) is 0 Å². The number of benzene rings is 6. The van der Waals surface area contributed by atoms with Gasteiger partial charge in [-0.3, -0.25) is 4.57 Å². The molecule has 0 fully saturated rings. The molecule has 3 nitrogen and oxygen atoms in total. The van der Waals surface area contributed by atoms with Crippen LogP contribution in [-0.4, -0.2) is 14.5 Å². The van der Waals surface area contributed by atoms with E-state index in [-0.39, 0.29) is 5.41 Å². The van der Waals surface area contributed by atoms with E-state index in [4.69, 9.17) is 9.97 Å². The maximum Gasteiger partial charge on any atom is 0.235 e. The highest BCUT2D eigenvalue weighted by Crippen LogP contribution is 2.47. The van der Waals surface area contributed by atoms with Crippen molar-refractivity contribution in [1.29, 1.82) is 0 Å². The van der Waals surface area contributed by atoms with Crippen molar-refractivity contribution in [1.82, 2.24) is 14.5 Å². The molecule has 1 aliphatic rings. The van der Waals surface area contributed by atoms with E-state index < -0.39 is 0 Å². The van der Waals surface area contributed by atoms with Gasteiger partial charge in [-0.15, -0.1) is 0 Å². The van der Waals surface area contributed by atoms with Gasteiger partial charge in [0.1, 0.15) is 0 Å². The third-order valence-electron chi connectivity index (χ3n) is 9.44. The number of fused-ring (bicyclic) bond motifs is 5. The quantitative estimate of drug-likeness (QED) is 0.214. The van der Waals surface area contributed by atoms with Gasteiger partial charge < -0.3 is 0 Å². The number of para-hydroxylation sites is 1. The van der Waals surface area contributed by atoms with Crippen LogP contribution >= 0.6 is 0 Å². The molecule has 208 valence electrons. The summed E-state index contributed by atoms with van der Waals surface area (Å²) in [6.07, 6.45) is 0. The molecule has 2 aromatic heterocycles. The number of hydrogen-bond acceptors (Lipinski definition) is 2. The zero-order valence-corrected chi connectivity index (χ0v) is 24.6. The molecule has 0 N–H and O–H groups in total. The molecule has 0 spiro atoms. The molecule has 0 saturated heterocycles. The van der Waals surface area contributed by atoms with Crippen LogP contribution in [0.15, 0.2) is 140 Å². The first-order valence-corrected chi connectivity index (χ1v) is 15.2. The Kier molecular flexibility index (Phi) is 5.24. The maximum absolute atomic E-state index is 5.35. The molecule has 1 aliphatic carbocycles. The van der Waals surface area contributed by atoms with Crippen molar-refractivity contribution >= 4 is 32.7 Å². The average Bonchev–Trinajstić information content (AvgIpc) is 3.41. The van der Waals surface area contributed by atoms with Gasteiger partial charge in [-0.1, -0.05) is 129 Å². The van der Waals surface area contributed by atoms with Gasteiger partial charge in [0.15, 0.2) is 0 Å². The van der Waals surface area contributed by atoms with Gasteiger partial charge in [-0.2, -0.15) is 0 Å². The highest BCUT2D eigenvalue weighted by molar-refractivity contribution is 6.10. The lowest BCUT2D eigenvalue weighted by molar-refractivity contribution is 0.643. The van der Waals surface area contributed by atoms with Crippen molar-refractivity contribution in [3.8, 4) is 39.5 Å². The van der Waals surface area contributed by atoms with E-state index in [1.807, 2.05) is 0 Å². The maximum atomic E-state index is 5.35. The molecule has 8 aromatic rings. The summed E-state index contributed by atoms with van der Waals surface area (Å²) >= 11 is 0. The highest BCUT2D eigenvalue weighted by Gasteiger charge is 2.34. The molecule has 0 saturated carbocycles. The van der Waals surface area contributed by atoms with Gasteiger partial charge in [0.05, 0.1) is 22.2 Å². The second-order valence-electron chi connectivity index (χ2n) is 12.3. The Morgan fingerprint density at radius 3 is 1.98 bits per heavy atom. The van der Waals surface area contributed by atoms with Crippen LogP contribution in [0.3, 0.4) is 0 Å². The summed E-state index contributed by atoms with van der Waals surface area (Å²) in [6.45, 7) is 4.61. The van der Waals surface area contributed by atoms with Crippen molar-refractivity contribution in [2.24, 2.45) is 0 Å². The van der Waals surface area contributed by atoms with E-state index in [9.17, 15) is 0 Å². The van der Waals surface area contributed by atoms with Gasteiger partial charge >= 0.3 is 0 Å². The molecule has 3 heteroatoms. The number of rotatable bonds is 3. The Morgan fingerprint density at radius 2 is 1.14 bits per heavy atom. The van der Waals surface area contributed by atoms with Gasteiger partial charge in [-0.05, 0) is 57.6 Å². The van der Waals surface area contributed by atoms with Gasteiger partial charge in [0.2, 0.25) is 5.95 Å². The molecule has 6 aromatic carbocycles. The summed E-state index contributed by atoms with van der Waals surface area (Å²) in [7, 11) is 0. The summed E-state index contributed by atoms with van der Waals surface area (Å²) in [5.41, 5.74) is 12.7. The Morgan fingerprint density at radius 1 is 0.500 bits per heavy atom.